The van der Waals surface area contributed by atoms with Crippen molar-refractivity contribution in [1.82, 2.24) is 29.1 Å². The second-order valence-electron chi connectivity index (χ2n) is 11.1. The minimum absolute atomic E-state index is 0.182. The van der Waals surface area contributed by atoms with Crippen LogP contribution in [0.5, 0.6) is 0 Å². The SMILES string of the molecule is CN(C)c1cccc2c(S(=O)(=O)NCCCCNc3nc4c(N)ncnc4n3C3OC(CN4CC4)C(O)C3O)cccc12. The molecule has 43 heavy (non-hydrogen) atoms. The first-order valence-electron chi connectivity index (χ1n) is 14.3. The molecule has 0 saturated carbocycles. The normalized spacial score (nSPS) is 22.4. The van der Waals surface area contributed by atoms with E-state index in [-0.39, 0.29) is 17.3 Å². The lowest BCUT2D eigenvalue weighted by Crippen LogP contribution is -2.35. The molecule has 4 aromatic rings. The van der Waals surface area contributed by atoms with Crippen LogP contribution in [0.1, 0.15) is 19.1 Å². The summed E-state index contributed by atoms with van der Waals surface area (Å²) < 4.78 is 36.9. The first kappa shape index (κ1) is 29.5. The van der Waals surface area contributed by atoms with Gasteiger partial charge in [0.05, 0.1) is 4.90 Å². The van der Waals surface area contributed by atoms with Gasteiger partial charge in [-0.15, -0.1) is 0 Å². The smallest absolute Gasteiger partial charge is 0.241 e. The molecular weight excluding hydrogens is 574 g/mol. The van der Waals surface area contributed by atoms with Gasteiger partial charge in [0.15, 0.2) is 23.2 Å². The van der Waals surface area contributed by atoms with Gasteiger partial charge in [-0.25, -0.2) is 28.1 Å². The predicted octanol–water partition coefficient (Wildman–Crippen LogP) is 0.733. The van der Waals surface area contributed by atoms with Gasteiger partial charge in [-0.1, -0.05) is 24.3 Å². The van der Waals surface area contributed by atoms with E-state index in [1.54, 1.807) is 16.7 Å². The fraction of sp³-hybridized carbons (Fsp3) is 0.464. The lowest BCUT2D eigenvalue weighted by molar-refractivity contribution is -0.0364. The van der Waals surface area contributed by atoms with Crippen molar-refractivity contribution in [2.24, 2.45) is 0 Å². The Morgan fingerprint density at radius 3 is 2.56 bits per heavy atom. The molecule has 6 rings (SSSR count). The third-order valence-corrected chi connectivity index (χ3v) is 9.40. The maximum absolute atomic E-state index is 13.2. The highest BCUT2D eigenvalue weighted by molar-refractivity contribution is 7.89. The Labute approximate surface area is 249 Å². The molecule has 14 nitrogen and oxygen atoms in total. The highest BCUT2D eigenvalue weighted by Crippen LogP contribution is 2.36. The van der Waals surface area contributed by atoms with E-state index < -0.39 is 34.6 Å². The second-order valence-corrected chi connectivity index (χ2v) is 12.9. The van der Waals surface area contributed by atoms with Crippen LogP contribution in [0.25, 0.3) is 21.9 Å². The zero-order valence-electron chi connectivity index (χ0n) is 24.1. The summed E-state index contributed by atoms with van der Waals surface area (Å²) in [6.45, 7) is 3.09. The van der Waals surface area contributed by atoms with Crippen molar-refractivity contribution < 1.29 is 23.4 Å². The molecule has 4 atom stereocenters. The first-order valence-corrected chi connectivity index (χ1v) is 15.8. The number of hydrogen-bond donors (Lipinski definition) is 5. The van der Waals surface area contributed by atoms with E-state index in [0.29, 0.717) is 48.4 Å². The summed E-state index contributed by atoms with van der Waals surface area (Å²) in [6.07, 6.45) is -1.27. The Balaban J connectivity index is 1.11. The Morgan fingerprint density at radius 1 is 1.05 bits per heavy atom. The molecule has 2 saturated heterocycles. The second kappa shape index (κ2) is 11.8. The molecule has 0 radical (unpaired) electrons. The number of nitrogens with two attached hydrogens (primary N) is 1. The summed E-state index contributed by atoms with van der Waals surface area (Å²) >= 11 is 0. The van der Waals surface area contributed by atoms with E-state index >= 15 is 0 Å². The van der Waals surface area contributed by atoms with Gasteiger partial charge in [-0.05, 0) is 25.0 Å². The van der Waals surface area contributed by atoms with Crippen molar-refractivity contribution in [2.45, 2.75) is 42.3 Å². The zero-order chi connectivity index (χ0) is 30.3. The number of nitrogens with zero attached hydrogens (tertiary/aromatic N) is 6. The number of nitrogens with one attached hydrogen (secondary N) is 2. The lowest BCUT2D eigenvalue weighted by atomic mass is 10.1. The highest BCUT2D eigenvalue weighted by atomic mass is 32.2. The molecular formula is C28H37N9O5S. The monoisotopic (exact) mass is 611 g/mol. The number of unbranched alkanes of at least 4 members (excludes halogenated alkanes) is 1. The first-order chi connectivity index (χ1) is 20.7. The van der Waals surface area contributed by atoms with E-state index in [1.807, 2.05) is 43.3 Å². The van der Waals surface area contributed by atoms with Crippen LogP contribution < -0.4 is 20.7 Å². The number of imidazole rings is 1. The van der Waals surface area contributed by atoms with Crippen molar-refractivity contribution >= 4 is 49.4 Å². The van der Waals surface area contributed by atoms with Gasteiger partial charge in [0.2, 0.25) is 16.0 Å². The van der Waals surface area contributed by atoms with E-state index in [4.69, 9.17) is 10.5 Å². The number of rotatable bonds is 12. The molecule has 4 unspecified atom stereocenters. The van der Waals surface area contributed by atoms with E-state index in [2.05, 4.69) is 29.9 Å². The average molecular weight is 612 g/mol. The molecule has 2 aromatic heterocycles. The zero-order valence-corrected chi connectivity index (χ0v) is 24.9. The Bertz CT molecular complexity index is 1730. The largest absolute Gasteiger partial charge is 0.387 e. The molecule has 2 aliphatic rings. The third kappa shape index (κ3) is 5.83. The minimum Gasteiger partial charge on any atom is -0.387 e. The van der Waals surface area contributed by atoms with Gasteiger partial charge in [0.1, 0.15) is 24.6 Å². The quantitative estimate of drug-likeness (QED) is 0.112. The molecule has 0 aliphatic carbocycles. The summed E-state index contributed by atoms with van der Waals surface area (Å²) in [6, 6.07) is 10.9. The maximum Gasteiger partial charge on any atom is 0.241 e. The topological polar surface area (TPSA) is 184 Å². The lowest BCUT2D eigenvalue weighted by Gasteiger charge is -2.20. The molecule has 0 amide bonds. The molecule has 230 valence electrons. The van der Waals surface area contributed by atoms with Crippen LogP contribution in [-0.2, 0) is 14.8 Å². The summed E-state index contributed by atoms with van der Waals surface area (Å²) in [4.78, 5) is 17.2. The molecule has 2 aliphatic heterocycles. The molecule has 0 spiro atoms. The van der Waals surface area contributed by atoms with Crippen LogP contribution in [0.4, 0.5) is 17.5 Å². The van der Waals surface area contributed by atoms with Crippen LogP contribution in [0.15, 0.2) is 47.6 Å². The van der Waals surface area contributed by atoms with Crippen molar-refractivity contribution in [3.05, 3.63) is 42.7 Å². The van der Waals surface area contributed by atoms with E-state index in [9.17, 15) is 18.6 Å². The number of nitrogen functional groups attached to an aromatic ring is 1. The summed E-state index contributed by atoms with van der Waals surface area (Å²) in [7, 11) is 0.118. The number of hydrogen-bond acceptors (Lipinski definition) is 12. The van der Waals surface area contributed by atoms with Crippen molar-refractivity contribution in [2.75, 3.05) is 62.8 Å². The molecule has 2 aromatic carbocycles. The fourth-order valence-corrected chi connectivity index (χ4v) is 6.81. The summed E-state index contributed by atoms with van der Waals surface area (Å²) in [5.41, 5.74) is 7.73. The molecule has 6 N–H and O–H groups in total. The van der Waals surface area contributed by atoms with E-state index in [0.717, 1.165) is 24.2 Å². The number of ether oxygens (including phenoxy) is 1. The van der Waals surface area contributed by atoms with Gasteiger partial charge >= 0.3 is 0 Å². The number of benzene rings is 2. The van der Waals surface area contributed by atoms with Gasteiger partial charge < -0.3 is 30.9 Å². The van der Waals surface area contributed by atoms with Crippen LogP contribution in [0.3, 0.4) is 0 Å². The van der Waals surface area contributed by atoms with E-state index in [1.165, 1.54) is 6.33 Å². The van der Waals surface area contributed by atoms with Crippen LogP contribution in [0.2, 0.25) is 0 Å². The molecule has 4 heterocycles. The number of anilines is 3. The van der Waals surface area contributed by atoms with Gasteiger partial charge in [0, 0.05) is 63.3 Å². The average Bonchev–Trinajstić information content (AvgIpc) is 3.67. The van der Waals surface area contributed by atoms with Gasteiger partial charge in [-0.3, -0.25) is 9.47 Å². The minimum atomic E-state index is -3.74. The van der Waals surface area contributed by atoms with Crippen LogP contribution >= 0.6 is 0 Å². The predicted molar refractivity (Wildman–Crippen MR) is 163 cm³/mol. The van der Waals surface area contributed by atoms with Crippen molar-refractivity contribution in [3.8, 4) is 0 Å². The Morgan fingerprint density at radius 2 is 1.79 bits per heavy atom. The Hall–Kier alpha value is -3.60. The number of aromatic nitrogens is 4. The third-order valence-electron chi connectivity index (χ3n) is 7.88. The van der Waals surface area contributed by atoms with Crippen molar-refractivity contribution in [1.29, 1.82) is 0 Å². The molecule has 15 heteroatoms. The fourth-order valence-electron chi connectivity index (χ4n) is 5.52. The van der Waals surface area contributed by atoms with Gasteiger partial charge in [-0.2, -0.15) is 0 Å². The molecule has 2 fully saturated rings. The highest BCUT2D eigenvalue weighted by Gasteiger charge is 2.46. The number of fused-ring (bicyclic) bond motifs is 2. The summed E-state index contributed by atoms with van der Waals surface area (Å²) in [5, 5.41) is 26.3. The molecule has 0 bridgehead atoms. The number of sulfonamides is 1. The number of aliphatic hydroxyl groups is 2. The summed E-state index contributed by atoms with van der Waals surface area (Å²) in [5.74, 6) is 0.542. The van der Waals surface area contributed by atoms with Crippen LogP contribution in [0, 0.1) is 0 Å². The van der Waals surface area contributed by atoms with Crippen LogP contribution in [-0.4, -0.2) is 108 Å². The Kier molecular flexibility index (Phi) is 8.10. The van der Waals surface area contributed by atoms with Gasteiger partial charge in [0.25, 0.3) is 0 Å². The van der Waals surface area contributed by atoms with Crippen molar-refractivity contribution in [3.63, 3.8) is 0 Å². The maximum atomic E-state index is 13.2. The standard InChI is InChI=1S/C28H37N9O5S/c1-35(2)19-9-5-8-18-17(19)7-6-10-21(18)43(40,41)33-12-4-3-11-30-28-34-22-25(29)31-16-32-26(22)37(28)27-24(39)23(38)20(42-27)15-36-13-14-36/h5-10,16,20,23-24,27,33,38-39H,3-4,11-15H2,1-2H3,(H,30,34)(H2,29,31,32). The number of aliphatic hydroxyl groups excluding tert-OH is 2.